The van der Waals surface area contributed by atoms with E-state index in [-0.39, 0.29) is 11.8 Å². The number of carbonyl (C=O) groups excluding carboxylic acids is 1. The zero-order valence-electron chi connectivity index (χ0n) is 7.63. The van der Waals surface area contributed by atoms with Crippen molar-refractivity contribution in [3.05, 3.63) is 14.8 Å². The van der Waals surface area contributed by atoms with E-state index in [1.165, 1.54) is 0 Å². The quantitative estimate of drug-likeness (QED) is 0.795. The number of terminal acetylenes is 1. The highest BCUT2D eigenvalue weighted by Gasteiger charge is 2.32. The van der Waals surface area contributed by atoms with Crippen molar-refractivity contribution >= 4 is 37.8 Å². The molecule has 4 nitrogen and oxygen atoms in total. The fraction of sp³-hybridized carbons (Fsp3) is 0.333. The predicted octanol–water partition coefficient (Wildman–Crippen LogP) is 1.64. The molecule has 1 fully saturated rings. The van der Waals surface area contributed by atoms with E-state index in [2.05, 4.69) is 48.0 Å². The van der Waals surface area contributed by atoms with Crippen LogP contribution in [0.15, 0.2) is 9.21 Å². The molecule has 2 heterocycles. The summed E-state index contributed by atoms with van der Waals surface area (Å²) in [6.45, 7) is 1.25. The number of nitrogens with one attached hydrogen (secondary N) is 1. The molecule has 1 aliphatic rings. The number of H-pyrrole nitrogens is 1. The van der Waals surface area contributed by atoms with Crippen LogP contribution in [0.1, 0.15) is 10.4 Å². The highest BCUT2D eigenvalue weighted by molar-refractivity contribution is 9.11. The SMILES string of the molecule is C#CC1CN(C(=O)c2c(Br)n[nH]c2Br)C1. The van der Waals surface area contributed by atoms with E-state index in [4.69, 9.17) is 6.42 Å². The lowest BCUT2D eigenvalue weighted by Gasteiger charge is -2.36. The van der Waals surface area contributed by atoms with Gasteiger partial charge in [-0.2, -0.15) is 5.10 Å². The largest absolute Gasteiger partial charge is 0.336 e. The Morgan fingerprint density at radius 3 is 2.73 bits per heavy atom. The van der Waals surface area contributed by atoms with Crippen molar-refractivity contribution in [2.24, 2.45) is 5.92 Å². The van der Waals surface area contributed by atoms with Crippen LogP contribution >= 0.6 is 31.9 Å². The first kappa shape index (κ1) is 10.7. The van der Waals surface area contributed by atoms with Crippen LogP contribution < -0.4 is 0 Å². The number of nitrogens with zero attached hydrogens (tertiary/aromatic N) is 2. The molecule has 0 spiro atoms. The van der Waals surface area contributed by atoms with Gasteiger partial charge < -0.3 is 4.90 Å². The Labute approximate surface area is 104 Å². The van der Waals surface area contributed by atoms with Crippen molar-refractivity contribution in [3.63, 3.8) is 0 Å². The molecule has 1 aliphatic heterocycles. The zero-order chi connectivity index (χ0) is 11.0. The molecule has 15 heavy (non-hydrogen) atoms. The Morgan fingerprint density at radius 1 is 1.60 bits per heavy atom. The van der Waals surface area contributed by atoms with Gasteiger partial charge in [-0.3, -0.25) is 9.89 Å². The van der Waals surface area contributed by atoms with Gasteiger partial charge in [0.2, 0.25) is 0 Å². The first-order chi connectivity index (χ1) is 7.13. The number of likely N-dealkylation sites (tertiary alicyclic amines) is 1. The monoisotopic (exact) mass is 331 g/mol. The molecule has 1 amide bonds. The molecule has 1 aromatic heterocycles. The van der Waals surface area contributed by atoms with Crippen molar-refractivity contribution in [2.45, 2.75) is 0 Å². The van der Waals surface area contributed by atoms with Gasteiger partial charge in [0, 0.05) is 13.1 Å². The molecule has 2 rings (SSSR count). The second kappa shape index (κ2) is 3.99. The van der Waals surface area contributed by atoms with Crippen LogP contribution in [-0.4, -0.2) is 34.1 Å². The van der Waals surface area contributed by atoms with E-state index in [1.807, 2.05) is 0 Å². The van der Waals surface area contributed by atoms with Crippen molar-refractivity contribution in [1.82, 2.24) is 15.1 Å². The number of hydrogen-bond acceptors (Lipinski definition) is 2. The Hall–Kier alpha value is -0.800. The van der Waals surface area contributed by atoms with Crippen molar-refractivity contribution < 1.29 is 4.79 Å². The molecule has 0 bridgehead atoms. The summed E-state index contributed by atoms with van der Waals surface area (Å²) in [5.41, 5.74) is 0.519. The van der Waals surface area contributed by atoms with Gasteiger partial charge in [-0.05, 0) is 31.9 Å². The summed E-state index contributed by atoms with van der Waals surface area (Å²) < 4.78 is 1.10. The number of aromatic nitrogens is 2. The number of hydrogen-bond donors (Lipinski definition) is 1. The summed E-state index contributed by atoms with van der Waals surface area (Å²) in [7, 11) is 0. The number of halogens is 2. The maximum Gasteiger partial charge on any atom is 0.259 e. The van der Waals surface area contributed by atoms with Gasteiger partial charge in [0.1, 0.15) is 14.8 Å². The standard InChI is InChI=1S/C9H7Br2N3O/c1-2-5-3-14(4-5)9(15)6-7(10)12-13-8(6)11/h1,5H,3-4H2,(H,12,13). The Kier molecular flexibility index (Phi) is 2.85. The van der Waals surface area contributed by atoms with Gasteiger partial charge in [-0.1, -0.05) is 5.92 Å². The summed E-state index contributed by atoms with van der Waals surface area (Å²) >= 11 is 6.45. The zero-order valence-corrected chi connectivity index (χ0v) is 10.8. The molecule has 1 aromatic rings. The molecule has 0 aliphatic carbocycles. The molecule has 1 saturated heterocycles. The normalized spacial score (nSPS) is 15.9. The molecule has 1 N–H and O–H groups in total. The van der Waals surface area contributed by atoms with Crippen LogP contribution in [0.5, 0.6) is 0 Å². The molecule has 0 radical (unpaired) electrons. The molecule has 0 saturated carbocycles. The number of rotatable bonds is 1. The topological polar surface area (TPSA) is 49.0 Å². The van der Waals surface area contributed by atoms with E-state index in [9.17, 15) is 4.79 Å². The van der Waals surface area contributed by atoms with E-state index >= 15 is 0 Å². The van der Waals surface area contributed by atoms with Crippen LogP contribution in [0.25, 0.3) is 0 Å². The van der Waals surface area contributed by atoms with Gasteiger partial charge in [-0.25, -0.2) is 0 Å². The van der Waals surface area contributed by atoms with E-state index in [0.717, 1.165) is 0 Å². The average Bonchev–Trinajstić information content (AvgIpc) is 2.44. The smallest absolute Gasteiger partial charge is 0.259 e. The maximum atomic E-state index is 11.9. The van der Waals surface area contributed by atoms with E-state index in [0.29, 0.717) is 27.9 Å². The summed E-state index contributed by atoms with van der Waals surface area (Å²) in [5, 5.41) is 6.55. The first-order valence-electron chi connectivity index (χ1n) is 4.28. The summed E-state index contributed by atoms with van der Waals surface area (Å²) in [5.74, 6) is 2.75. The maximum absolute atomic E-state index is 11.9. The minimum atomic E-state index is -0.0611. The lowest BCUT2D eigenvalue weighted by atomic mass is 10.0. The third kappa shape index (κ3) is 1.82. The second-order valence-corrected chi connectivity index (χ2v) is 4.82. The summed E-state index contributed by atoms with van der Waals surface area (Å²) in [6.07, 6.45) is 5.25. The number of aromatic amines is 1. The Morgan fingerprint density at radius 2 is 2.27 bits per heavy atom. The van der Waals surface area contributed by atoms with Gasteiger partial charge in [0.15, 0.2) is 0 Å². The fourth-order valence-corrected chi connectivity index (χ4v) is 2.56. The molecule has 6 heteroatoms. The average molecular weight is 333 g/mol. The Balaban J connectivity index is 2.14. The van der Waals surface area contributed by atoms with Gasteiger partial charge in [0.25, 0.3) is 5.91 Å². The van der Waals surface area contributed by atoms with Crippen molar-refractivity contribution in [1.29, 1.82) is 0 Å². The third-order valence-electron chi connectivity index (χ3n) is 2.30. The number of carbonyl (C=O) groups is 1. The summed E-state index contributed by atoms with van der Waals surface area (Å²) in [4.78, 5) is 13.6. The molecular weight excluding hydrogens is 326 g/mol. The fourth-order valence-electron chi connectivity index (χ4n) is 1.39. The van der Waals surface area contributed by atoms with Crippen LogP contribution in [0.4, 0.5) is 0 Å². The first-order valence-corrected chi connectivity index (χ1v) is 5.87. The van der Waals surface area contributed by atoms with Gasteiger partial charge in [-0.15, -0.1) is 6.42 Å². The lowest BCUT2D eigenvalue weighted by molar-refractivity contribution is 0.0578. The molecule has 78 valence electrons. The molecule has 0 atom stereocenters. The minimum absolute atomic E-state index is 0.0611. The summed E-state index contributed by atoms with van der Waals surface area (Å²) in [6, 6.07) is 0. The van der Waals surface area contributed by atoms with Crippen molar-refractivity contribution in [3.8, 4) is 12.3 Å². The van der Waals surface area contributed by atoms with Gasteiger partial charge >= 0.3 is 0 Å². The van der Waals surface area contributed by atoms with Crippen LogP contribution in [-0.2, 0) is 0 Å². The highest BCUT2D eigenvalue weighted by Crippen LogP contribution is 2.26. The molecule has 0 unspecified atom stereocenters. The van der Waals surface area contributed by atoms with Crippen LogP contribution in [0.3, 0.4) is 0 Å². The lowest BCUT2D eigenvalue weighted by Crippen LogP contribution is -2.49. The molecule has 0 aromatic carbocycles. The van der Waals surface area contributed by atoms with Crippen LogP contribution in [0, 0.1) is 18.3 Å². The van der Waals surface area contributed by atoms with Crippen LogP contribution in [0.2, 0.25) is 0 Å². The second-order valence-electron chi connectivity index (χ2n) is 3.28. The van der Waals surface area contributed by atoms with E-state index in [1.54, 1.807) is 4.90 Å². The minimum Gasteiger partial charge on any atom is -0.336 e. The van der Waals surface area contributed by atoms with Gasteiger partial charge in [0.05, 0.1) is 5.92 Å². The number of amides is 1. The predicted molar refractivity (Wildman–Crippen MR) is 62.2 cm³/mol. The third-order valence-corrected chi connectivity index (χ3v) is 3.44. The van der Waals surface area contributed by atoms with Crippen molar-refractivity contribution in [2.75, 3.05) is 13.1 Å². The Bertz CT molecular complexity index is 423. The highest BCUT2D eigenvalue weighted by atomic mass is 79.9. The molecular formula is C9H7Br2N3O. The van der Waals surface area contributed by atoms with E-state index < -0.39 is 0 Å².